The number of hydrogen-bond donors (Lipinski definition) is 0. The zero-order chi connectivity index (χ0) is 8.55. The molecule has 1 nitrogen and oxygen atoms in total. The molecule has 0 fully saturated rings. The van der Waals surface area contributed by atoms with E-state index in [1.54, 1.807) is 6.20 Å². The van der Waals surface area contributed by atoms with Crippen LogP contribution in [0.5, 0.6) is 0 Å². The van der Waals surface area contributed by atoms with Gasteiger partial charge in [-0.25, -0.2) is 4.98 Å². The van der Waals surface area contributed by atoms with E-state index >= 15 is 0 Å². The first-order valence-electron chi connectivity index (χ1n) is 3.48. The molecular weight excluding hydrogens is 193 g/mol. The lowest BCUT2D eigenvalue weighted by atomic mass is 10.2. The van der Waals surface area contributed by atoms with Gasteiger partial charge in [-0.3, -0.25) is 0 Å². The van der Waals surface area contributed by atoms with Gasteiger partial charge >= 0.3 is 0 Å². The number of nitrogens with zero attached hydrogens (tertiary/aromatic N) is 1. The molecule has 0 aliphatic carbocycles. The Morgan fingerprint density at radius 3 is 2.58 bits per heavy atom. The minimum absolute atomic E-state index is 0.495. The third-order valence-electron chi connectivity index (χ3n) is 1.70. The van der Waals surface area contributed by atoms with Crippen LogP contribution in [0.2, 0.25) is 10.2 Å². The largest absolute Gasteiger partial charge is 0.244 e. The lowest BCUT2D eigenvalue weighted by Gasteiger charge is -1.99. The smallest absolute Gasteiger partial charge is 0.136 e. The van der Waals surface area contributed by atoms with Crippen LogP contribution in [-0.4, -0.2) is 4.98 Å². The highest BCUT2D eigenvalue weighted by molar-refractivity contribution is 6.38. The summed E-state index contributed by atoms with van der Waals surface area (Å²) in [7, 11) is 0. The first kappa shape index (κ1) is 7.84. The summed E-state index contributed by atoms with van der Waals surface area (Å²) >= 11 is 11.8. The van der Waals surface area contributed by atoms with Gasteiger partial charge in [0.1, 0.15) is 5.15 Å². The lowest BCUT2D eigenvalue weighted by molar-refractivity contribution is 1.36. The molecule has 12 heavy (non-hydrogen) atoms. The maximum Gasteiger partial charge on any atom is 0.136 e. The Labute approximate surface area is 79.9 Å². The molecule has 0 saturated carbocycles. The molecule has 0 radical (unpaired) electrons. The van der Waals surface area contributed by atoms with Gasteiger partial charge in [0, 0.05) is 22.0 Å². The quantitative estimate of drug-likeness (QED) is 0.590. The van der Waals surface area contributed by atoms with Crippen LogP contribution >= 0.6 is 23.2 Å². The van der Waals surface area contributed by atoms with Crippen LogP contribution in [-0.2, 0) is 0 Å². The van der Waals surface area contributed by atoms with Gasteiger partial charge in [-0.2, -0.15) is 0 Å². The minimum Gasteiger partial charge on any atom is -0.244 e. The van der Waals surface area contributed by atoms with E-state index in [1.165, 1.54) is 0 Å². The van der Waals surface area contributed by atoms with Crippen LogP contribution in [0.15, 0.2) is 30.5 Å². The van der Waals surface area contributed by atoms with Crippen LogP contribution in [0.4, 0.5) is 0 Å². The molecule has 0 N–H and O–H groups in total. The topological polar surface area (TPSA) is 12.9 Å². The van der Waals surface area contributed by atoms with Gasteiger partial charge in [-0.15, -0.1) is 0 Å². The third-order valence-corrected chi connectivity index (χ3v) is 2.34. The monoisotopic (exact) mass is 197 g/mol. The van der Waals surface area contributed by atoms with E-state index in [9.17, 15) is 0 Å². The van der Waals surface area contributed by atoms with Crippen molar-refractivity contribution >= 4 is 34.0 Å². The third kappa shape index (κ3) is 1.15. The van der Waals surface area contributed by atoms with Crippen molar-refractivity contribution in [2.24, 2.45) is 0 Å². The Kier molecular flexibility index (Phi) is 1.91. The van der Waals surface area contributed by atoms with E-state index in [-0.39, 0.29) is 0 Å². The van der Waals surface area contributed by atoms with Crippen molar-refractivity contribution in [3.63, 3.8) is 0 Å². The van der Waals surface area contributed by atoms with E-state index < -0.39 is 0 Å². The summed E-state index contributed by atoms with van der Waals surface area (Å²) in [6, 6.07) is 7.44. The number of hydrogen-bond acceptors (Lipinski definition) is 1. The molecule has 2 rings (SSSR count). The highest BCUT2D eigenvalue weighted by Crippen LogP contribution is 2.26. The fraction of sp³-hybridized carbons (Fsp3) is 0. The molecule has 0 atom stereocenters. The van der Waals surface area contributed by atoms with Crippen molar-refractivity contribution in [3.8, 4) is 0 Å². The van der Waals surface area contributed by atoms with Crippen molar-refractivity contribution in [2.75, 3.05) is 0 Å². The number of aromatic nitrogens is 1. The highest BCUT2D eigenvalue weighted by atomic mass is 35.5. The minimum atomic E-state index is 0.495. The summed E-state index contributed by atoms with van der Waals surface area (Å²) in [5.41, 5.74) is 0. The van der Waals surface area contributed by atoms with Crippen molar-refractivity contribution in [2.45, 2.75) is 0 Å². The van der Waals surface area contributed by atoms with Crippen molar-refractivity contribution < 1.29 is 0 Å². The molecule has 60 valence electrons. The van der Waals surface area contributed by atoms with E-state index in [2.05, 4.69) is 4.98 Å². The second-order valence-electron chi connectivity index (χ2n) is 2.44. The maximum atomic E-state index is 5.94. The summed E-state index contributed by atoms with van der Waals surface area (Å²) in [6.07, 6.45) is 1.65. The van der Waals surface area contributed by atoms with Gasteiger partial charge < -0.3 is 0 Å². The Hall–Kier alpha value is -0.790. The van der Waals surface area contributed by atoms with Crippen LogP contribution in [0.25, 0.3) is 10.8 Å². The first-order chi connectivity index (χ1) is 5.79. The summed E-state index contributed by atoms with van der Waals surface area (Å²) in [6.45, 7) is 0. The number of pyridine rings is 1. The highest BCUT2D eigenvalue weighted by Gasteiger charge is 2.00. The predicted octanol–water partition coefficient (Wildman–Crippen LogP) is 3.54. The van der Waals surface area contributed by atoms with E-state index in [0.29, 0.717) is 10.2 Å². The van der Waals surface area contributed by atoms with E-state index in [1.807, 2.05) is 24.3 Å². The molecule has 0 aliphatic rings. The predicted molar refractivity (Wildman–Crippen MR) is 51.8 cm³/mol. The number of benzene rings is 1. The van der Waals surface area contributed by atoms with Gasteiger partial charge in [-0.1, -0.05) is 35.3 Å². The Morgan fingerprint density at radius 2 is 1.83 bits per heavy atom. The van der Waals surface area contributed by atoms with Gasteiger partial charge in [-0.05, 0) is 12.1 Å². The fourth-order valence-corrected chi connectivity index (χ4v) is 1.59. The van der Waals surface area contributed by atoms with Crippen LogP contribution in [0, 0.1) is 0 Å². The van der Waals surface area contributed by atoms with Crippen molar-refractivity contribution in [3.05, 3.63) is 40.6 Å². The lowest BCUT2D eigenvalue weighted by Crippen LogP contribution is -1.78. The fourth-order valence-electron chi connectivity index (χ4n) is 1.13. The molecule has 0 aliphatic heterocycles. The second kappa shape index (κ2) is 2.92. The number of rotatable bonds is 0. The summed E-state index contributed by atoms with van der Waals surface area (Å²) in [5, 5.41) is 3.04. The SMILES string of the molecule is Clc1cccc2c(Cl)nccc12. The Bertz CT molecular complexity index is 385. The molecule has 0 amide bonds. The van der Waals surface area contributed by atoms with Crippen molar-refractivity contribution in [1.82, 2.24) is 4.98 Å². The Morgan fingerprint density at radius 1 is 1.00 bits per heavy atom. The molecule has 0 saturated heterocycles. The molecule has 1 heterocycles. The first-order valence-corrected chi connectivity index (χ1v) is 4.23. The molecule has 1 aromatic carbocycles. The van der Waals surface area contributed by atoms with Crippen LogP contribution in [0.3, 0.4) is 0 Å². The van der Waals surface area contributed by atoms with Gasteiger partial charge in [0.25, 0.3) is 0 Å². The van der Waals surface area contributed by atoms with E-state index in [4.69, 9.17) is 23.2 Å². The molecule has 0 unspecified atom stereocenters. The standard InChI is InChI=1S/C9H5Cl2N/c10-8-3-1-2-7-6(8)4-5-12-9(7)11/h1-5H. The molecule has 2 aromatic rings. The van der Waals surface area contributed by atoms with E-state index in [0.717, 1.165) is 10.8 Å². The second-order valence-corrected chi connectivity index (χ2v) is 3.20. The maximum absolute atomic E-state index is 5.94. The summed E-state index contributed by atoms with van der Waals surface area (Å²) < 4.78 is 0. The molecule has 1 aromatic heterocycles. The van der Waals surface area contributed by atoms with Crippen LogP contribution < -0.4 is 0 Å². The summed E-state index contributed by atoms with van der Waals surface area (Å²) in [5.74, 6) is 0. The van der Waals surface area contributed by atoms with Gasteiger partial charge in [0.2, 0.25) is 0 Å². The normalized spacial score (nSPS) is 10.5. The van der Waals surface area contributed by atoms with Crippen LogP contribution in [0.1, 0.15) is 0 Å². The average Bonchev–Trinajstić information content (AvgIpc) is 2.07. The number of fused-ring (bicyclic) bond motifs is 1. The number of halogens is 2. The zero-order valence-corrected chi connectivity index (χ0v) is 7.60. The molecule has 3 heteroatoms. The molecule has 0 spiro atoms. The van der Waals surface area contributed by atoms with Crippen molar-refractivity contribution in [1.29, 1.82) is 0 Å². The van der Waals surface area contributed by atoms with Gasteiger partial charge in [0.15, 0.2) is 0 Å². The van der Waals surface area contributed by atoms with Gasteiger partial charge in [0.05, 0.1) is 0 Å². The molecular formula is C9H5Cl2N. The zero-order valence-electron chi connectivity index (χ0n) is 6.09. The molecule has 0 bridgehead atoms. The summed E-state index contributed by atoms with van der Waals surface area (Å²) in [4.78, 5) is 3.96. The average molecular weight is 198 g/mol. The Balaban J connectivity index is 2.94.